The van der Waals surface area contributed by atoms with Crippen molar-refractivity contribution in [1.82, 2.24) is 4.98 Å². The highest BCUT2D eigenvalue weighted by Gasteiger charge is 2.06. The largest absolute Gasteiger partial charge is 0.475 e. The highest BCUT2D eigenvalue weighted by atomic mass is 32.2. The van der Waals surface area contributed by atoms with E-state index in [-0.39, 0.29) is 0 Å². The number of anilines is 1. The molecule has 1 N–H and O–H groups in total. The summed E-state index contributed by atoms with van der Waals surface area (Å²) < 4.78 is 36.6. The third-order valence-electron chi connectivity index (χ3n) is 2.77. The van der Waals surface area contributed by atoms with Crippen LogP contribution in [-0.2, 0) is 14.8 Å². The zero-order valence-corrected chi connectivity index (χ0v) is 13.5. The second kappa shape index (κ2) is 8.30. The summed E-state index contributed by atoms with van der Waals surface area (Å²) >= 11 is 0. The third-order valence-corrected chi connectivity index (χ3v) is 3.79. The summed E-state index contributed by atoms with van der Waals surface area (Å²) in [4.78, 5) is 4.02. The molecule has 1 aromatic carbocycles. The van der Waals surface area contributed by atoms with Gasteiger partial charge < -0.3 is 9.47 Å². The molecular formula is C16H18N2O4S. The van der Waals surface area contributed by atoms with Crippen molar-refractivity contribution in [2.45, 2.75) is 0 Å². The maximum absolute atomic E-state index is 12.0. The van der Waals surface area contributed by atoms with Gasteiger partial charge in [-0.1, -0.05) is 30.3 Å². The van der Waals surface area contributed by atoms with Crippen LogP contribution >= 0.6 is 0 Å². The molecule has 0 aliphatic heterocycles. The highest BCUT2D eigenvalue weighted by molar-refractivity contribution is 7.95. The molecule has 0 aliphatic rings. The van der Waals surface area contributed by atoms with Crippen LogP contribution in [0.1, 0.15) is 5.56 Å². The molecule has 0 aliphatic carbocycles. The lowest BCUT2D eigenvalue weighted by atomic mass is 10.2. The average molecular weight is 334 g/mol. The van der Waals surface area contributed by atoms with Crippen molar-refractivity contribution in [3.63, 3.8) is 0 Å². The summed E-state index contributed by atoms with van der Waals surface area (Å²) in [5.74, 6) is 0.407. The van der Waals surface area contributed by atoms with Gasteiger partial charge in [-0.3, -0.25) is 4.72 Å². The van der Waals surface area contributed by atoms with Crippen LogP contribution in [0.2, 0.25) is 0 Å². The fourth-order valence-electron chi connectivity index (χ4n) is 1.69. The number of rotatable bonds is 8. The molecule has 1 heterocycles. The molecule has 1 aromatic heterocycles. The lowest BCUT2D eigenvalue weighted by molar-refractivity contribution is 0.144. The van der Waals surface area contributed by atoms with Crippen LogP contribution < -0.4 is 9.46 Å². The van der Waals surface area contributed by atoms with Gasteiger partial charge in [0.1, 0.15) is 6.61 Å². The number of hydrogen-bond donors (Lipinski definition) is 1. The van der Waals surface area contributed by atoms with Crippen LogP contribution in [-0.4, -0.2) is 33.7 Å². The Morgan fingerprint density at radius 2 is 1.91 bits per heavy atom. The fraction of sp³-hybridized carbons (Fsp3) is 0.188. The van der Waals surface area contributed by atoms with Crippen LogP contribution in [0.5, 0.6) is 5.88 Å². The van der Waals surface area contributed by atoms with Gasteiger partial charge in [0.15, 0.2) is 0 Å². The van der Waals surface area contributed by atoms with Crippen molar-refractivity contribution < 1.29 is 17.9 Å². The molecule has 0 saturated heterocycles. The molecule has 0 atom stereocenters. The first-order valence-electron chi connectivity index (χ1n) is 6.93. The van der Waals surface area contributed by atoms with E-state index in [2.05, 4.69) is 9.71 Å². The Labute approximate surface area is 135 Å². The SMILES string of the molecule is COCCOc1ccc(NS(=O)(=O)/C=C\c2ccccc2)cn1. The van der Waals surface area contributed by atoms with E-state index >= 15 is 0 Å². The zero-order valence-electron chi connectivity index (χ0n) is 12.7. The lowest BCUT2D eigenvalue weighted by Crippen LogP contribution is -2.09. The maximum atomic E-state index is 12.0. The van der Waals surface area contributed by atoms with Crippen molar-refractivity contribution in [2.75, 3.05) is 25.0 Å². The van der Waals surface area contributed by atoms with E-state index in [1.54, 1.807) is 19.2 Å². The van der Waals surface area contributed by atoms with Gasteiger partial charge in [-0.05, 0) is 17.7 Å². The molecule has 0 unspecified atom stereocenters. The van der Waals surface area contributed by atoms with Crippen LogP contribution in [0.3, 0.4) is 0 Å². The first-order valence-corrected chi connectivity index (χ1v) is 8.47. The minimum Gasteiger partial charge on any atom is -0.475 e. The Morgan fingerprint density at radius 3 is 2.57 bits per heavy atom. The Morgan fingerprint density at radius 1 is 1.13 bits per heavy atom. The van der Waals surface area contributed by atoms with Crippen molar-refractivity contribution in [2.24, 2.45) is 0 Å². The van der Waals surface area contributed by atoms with Gasteiger partial charge in [0.05, 0.1) is 23.9 Å². The second-order valence-electron chi connectivity index (χ2n) is 4.59. The molecule has 0 spiro atoms. The summed E-state index contributed by atoms with van der Waals surface area (Å²) in [5.41, 5.74) is 1.17. The predicted molar refractivity (Wildman–Crippen MR) is 89.6 cm³/mol. The summed E-state index contributed by atoms with van der Waals surface area (Å²) in [6.07, 6.45) is 2.92. The van der Waals surface area contributed by atoms with Crippen LogP contribution in [0.15, 0.2) is 54.1 Å². The Kier molecular flexibility index (Phi) is 6.13. The number of methoxy groups -OCH3 is 1. The first-order chi connectivity index (χ1) is 11.1. The summed E-state index contributed by atoms with van der Waals surface area (Å²) in [7, 11) is -2.02. The van der Waals surface area contributed by atoms with E-state index in [4.69, 9.17) is 9.47 Å². The molecule has 0 radical (unpaired) electrons. The molecule has 7 heteroatoms. The monoisotopic (exact) mass is 334 g/mol. The van der Waals surface area contributed by atoms with E-state index in [0.717, 1.165) is 11.0 Å². The zero-order chi connectivity index (χ0) is 16.5. The normalized spacial score (nSPS) is 11.5. The number of nitrogens with one attached hydrogen (secondary N) is 1. The Hall–Kier alpha value is -2.38. The van der Waals surface area contributed by atoms with Gasteiger partial charge in [0.2, 0.25) is 5.88 Å². The van der Waals surface area contributed by atoms with Crippen molar-refractivity contribution in [3.05, 3.63) is 59.6 Å². The van der Waals surface area contributed by atoms with Crippen LogP contribution in [0.4, 0.5) is 5.69 Å². The number of aromatic nitrogens is 1. The molecule has 0 amide bonds. The fourth-order valence-corrected chi connectivity index (χ4v) is 2.54. The predicted octanol–water partition coefficient (Wildman–Crippen LogP) is 2.52. The minimum absolute atomic E-state index is 0.363. The molecular weight excluding hydrogens is 316 g/mol. The van der Waals surface area contributed by atoms with Crippen molar-refractivity contribution in [1.29, 1.82) is 0 Å². The van der Waals surface area contributed by atoms with Gasteiger partial charge in [0.25, 0.3) is 10.0 Å². The molecule has 0 bridgehead atoms. The number of benzene rings is 1. The van der Waals surface area contributed by atoms with Crippen LogP contribution in [0.25, 0.3) is 6.08 Å². The van der Waals surface area contributed by atoms with Gasteiger partial charge in [-0.15, -0.1) is 0 Å². The molecule has 2 rings (SSSR count). The summed E-state index contributed by atoms with van der Waals surface area (Å²) in [6, 6.07) is 12.4. The molecule has 2 aromatic rings. The summed E-state index contributed by atoms with van der Waals surface area (Å²) in [5, 5.41) is 1.12. The standard InChI is InChI=1S/C16H18N2O4S/c1-21-10-11-22-16-8-7-15(13-17-16)18-23(19,20)12-9-14-5-3-2-4-6-14/h2-9,12-13,18H,10-11H2,1H3/b12-9-. The van der Waals surface area contributed by atoms with Gasteiger partial charge in [-0.25, -0.2) is 13.4 Å². The van der Waals surface area contributed by atoms with E-state index < -0.39 is 10.0 Å². The lowest BCUT2D eigenvalue weighted by Gasteiger charge is -2.06. The van der Waals surface area contributed by atoms with Gasteiger partial charge in [-0.2, -0.15) is 0 Å². The Balaban J connectivity index is 1.96. The van der Waals surface area contributed by atoms with E-state index in [0.29, 0.717) is 24.8 Å². The first kappa shape index (κ1) is 17.0. The maximum Gasteiger partial charge on any atom is 0.255 e. The molecule has 0 saturated carbocycles. The molecule has 0 fully saturated rings. The number of ether oxygens (including phenoxy) is 2. The summed E-state index contributed by atoms with van der Waals surface area (Å²) in [6.45, 7) is 0.842. The van der Waals surface area contributed by atoms with E-state index in [1.165, 1.54) is 12.3 Å². The highest BCUT2D eigenvalue weighted by Crippen LogP contribution is 2.14. The molecule has 122 valence electrons. The quantitative estimate of drug-likeness (QED) is 0.751. The third kappa shape index (κ3) is 6.09. The Bertz CT molecular complexity index is 728. The van der Waals surface area contributed by atoms with Crippen LogP contribution in [0, 0.1) is 0 Å². The number of hydrogen-bond acceptors (Lipinski definition) is 5. The number of nitrogens with zero attached hydrogens (tertiary/aromatic N) is 1. The smallest absolute Gasteiger partial charge is 0.255 e. The second-order valence-corrected chi connectivity index (χ2v) is 6.15. The minimum atomic E-state index is -3.60. The van der Waals surface area contributed by atoms with Crippen molar-refractivity contribution in [3.8, 4) is 5.88 Å². The molecule has 6 nitrogen and oxygen atoms in total. The number of sulfonamides is 1. The van der Waals surface area contributed by atoms with E-state index in [1.807, 2.05) is 30.3 Å². The number of pyridine rings is 1. The molecule has 23 heavy (non-hydrogen) atoms. The van der Waals surface area contributed by atoms with E-state index in [9.17, 15) is 8.42 Å². The van der Waals surface area contributed by atoms with Gasteiger partial charge >= 0.3 is 0 Å². The average Bonchev–Trinajstić information content (AvgIpc) is 2.56. The van der Waals surface area contributed by atoms with Crippen molar-refractivity contribution >= 4 is 21.8 Å². The topological polar surface area (TPSA) is 77.5 Å². The van der Waals surface area contributed by atoms with Gasteiger partial charge in [0, 0.05) is 13.2 Å².